The van der Waals surface area contributed by atoms with Crippen LogP contribution in [0.3, 0.4) is 0 Å². The predicted molar refractivity (Wildman–Crippen MR) is 51.1 cm³/mol. The van der Waals surface area contributed by atoms with Crippen molar-refractivity contribution in [3.8, 4) is 0 Å². The van der Waals surface area contributed by atoms with E-state index >= 15 is 0 Å². The topological polar surface area (TPSA) is 9.23 Å². The van der Waals surface area contributed by atoms with Crippen molar-refractivity contribution < 1.29 is 39.9 Å². The first-order valence-electron chi connectivity index (χ1n) is 5.73. The van der Waals surface area contributed by atoms with Gasteiger partial charge in [0.2, 0.25) is 0 Å². The Morgan fingerprint density at radius 1 is 1.05 bits per heavy atom. The van der Waals surface area contributed by atoms with Gasteiger partial charge in [-0.25, -0.2) is 0 Å². The quantitative estimate of drug-likeness (QED) is 0.563. The zero-order valence-electron chi connectivity index (χ0n) is 9.86. The predicted octanol–water partition coefficient (Wildman–Crippen LogP) is 4.10. The van der Waals surface area contributed by atoms with Gasteiger partial charge in [0.1, 0.15) is 6.61 Å². The van der Waals surface area contributed by atoms with E-state index in [1.807, 2.05) is 0 Å². The Labute approximate surface area is 108 Å². The maximum Gasteiger partial charge on any atom is 0.454 e. The van der Waals surface area contributed by atoms with Gasteiger partial charge >= 0.3 is 18.3 Å². The molecule has 1 fully saturated rings. The molecule has 1 nitrogen and oxygen atoms in total. The third-order valence-corrected chi connectivity index (χ3v) is 3.89. The molecular weight excluding hydrogens is 300 g/mol. The highest BCUT2D eigenvalue weighted by atomic mass is 19.4. The van der Waals surface area contributed by atoms with Crippen LogP contribution in [0.4, 0.5) is 35.1 Å². The molecule has 0 bridgehead atoms. The van der Waals surface area contributed by atoms with Gasteiger partial charge in [-0.15, -0.1) is 0 Å². The average Bonchev–Trinajstić information content (AvgIpc) is 2.45. The number of ether oxygens (including phenoxy) is 1. The van der Waals surface area contributed by atoms with Gasteiger partial charge in [-0.1, -0.05) is 12.2 Å². The Kier molecular flexibility index (Phi) is 3.35. The van der Waals surface area contributed by atoms with Gasteiger partial charge in [0.25, 0.3) is 0 Å². The lowest BCUT2D eigenvalue weighted by molar-refractivity contribution is -0.342. The number of rotatable bonds is 3. The first-order chi connectivity index (χ1) is 8.91. The fourth-order valence-electron chi connectivity index (χ4n) is 2.81. The van der Waals surface area contributed by atoms with E-state index in [4.69, 9.17) is 0 Å². The number of alkyl halides is 8. The summed E-state index contributed by atoms with van der Waals surface area (Å²) >= 11 is 0. The number of hydrogen-bond donors (Lipinski definition) is 0. The molecular formula is C11H10F8O. The van der Waals surface area contributed by atoms with Crippen molar-refractivity contribution in [2.24, 2.45) is 11.3 Å². The maximum atomic E-state index is 13.5. The second kappa shape index (κ2) is 4.32. The van der Waals surface area contributed by atoms with Crippen molar-refractivity contribution in [2.45, 2.75) is 37.2 Å². The molecule has 0 aromatic carbocycles. The van der Waals surface area contributed by atoms with Gasteiger partial charge in [-0.2, -0.15) is 35.1 Å². The summed E-state index contributed by atoms with van der Waals surface area (Å²) in [5.41, 5.74) is -2.47. The molecule has 2 aliphatic carbocycles. The highest BCUT2D eigenvalue weighted by molar-refractivity contribution is 5.26. The molecule has 2 aliphatic rings. The molecule has 3 atom stereocenters. The van der Waals surface area contributed by atoms with Gasteiger partial charge in [0.15, 0.2) is 0 Å². The molecule has 0 aromatic rings. The lowest BCUT2D eigenvalue weighted by Gasteiger charge is -2.50. The van der Waals surface area contributed by atoms with E-state index in [9.17, 15) is 35.1 Å². The Morgan fingerprint density at radius 3 is 2.05 bits per heavy atom. The van der Waals surface area contributed by atoms with Crippen molar-refractivity contribution >= 4 is 0 Å². The smallest absolute Gasteiger partial charge is 0.364 e. The third kappa shape index (κ3) is 2.19. The van der Waals surface area contributed by atoms with E-state index in [0.29, 0.717) is 6.08 Å². The lowest BCUT2D eigenvalue weighted by Crippen LogP contribution is -2.59. The normalized spacial score (nSPS) is 34.0. The Hall–Kier alpha value is -0.860. The van der Waals surface area contributed by atoms with E-state index in [1.54, 1.807) is 0 Å². The van der Waals surface area contributed by atoms with Crippen molar-refractivity contribution in [3.05, 3.63) is 12.2 Å². The Morgan fingerprint density at radius 2 is 1.65 bits per heavy atom. The molecule has 1 unspecified atom stereocenters. The van der Waals surface area contributed by atoms with Crippen LogP contribution in [0.5, 0.6) is 0 Å². The molecule has 0 amide bonds. The van der Waals surface area contributed by atoms with Crippen LogP contribution in [0.2, 0.25) is 0 Å². The molecule has 20 heavy (non-hydrogen) atoms. The molecule has 1 saturated carbocycles. The maximum absolute atomic E-state index is 13.5. The van der Waals surface area contributed by atoms with Crippen molar-refractivity contribution in [1.82, 2.24) is 0 Å². The fraction of sp³-hybridized carbons (Fsp3) is 0.818. The molecule has 0 N–H and O–H groups in total. The molecule has 0 aromatic heterocycles. The summed E-state index contributed by atoms with van der Waals surface area (Å²) in [6.45, 7) is -1.67. The van der Waals surface area contributed by atoms with Crippen LogP contribution in [-0.2, 0) is 4.74 Å². The van der Waals surface area contributed by atoms with Crippen LogP contribution in [0, 0.1) is 11.3 Å². The zero-order chi connectivity index (χ0) is 15.4. The van der Waals surface area contributed by atoms with E-state index < -0.39 is 48.7 Å². The summed E-state index contributed by atoms with van der Waals surface area (Å²) in [4.78, 5) is 0. The number of allylic oxidation sites excluding steroid dienone is 1. The number of fused-ring (bicyclic) bond motifs is 1. The molecule has 0 spiro atoms. The highest BCUT2D eigenvalue weighted by Crippen LogP contribution is 2.65. The largest absolute Gasteiger partial charge is 0.454 e. The summed E-state index contributed by atoms with van der Waals surface area (Å²) < 4.78 is 105. The first-order valence-corrected chi connectivity index (χ1v) is 5.73. The second-order valence-electron chi connectivity index (χ2n) is 5.01. The molecule has 9 heteroatoms. The minimum atomic E-state index is -5.74. The summed E-state index contributed by atoms with van der Waals surface area (Å²) in [6.07, 6.45) is -10.7. The lowest BCUT2D eigenvalue weighted by atomic mass is 9.57. The summed E-state index contributed by atoms with van der Waals surface area (Å²) in [6, 6.07) is 0. The molecule has 0 heterocycles. The summed E-state index contributed by atoms with van der Waals surface area (Å²) in [5, 5.41) is 0. The molecule has 2 rings (SSSR count). The van der Waals surface area contributed by atoms with Crippen LogP contribution in [-0.4, -0.2) is 31.0 Å². The van der Waals surface area contributed by atoms with E-state index in [0.717, 1.165) is 6.08 Å². The van der Waals surface area contributed by atoms with Crippen molar-refractivity contribution in [1.29, 1.82) is 0 Å². The van der Waals surface area contributed by atoms with Crippen LogP contribution in [0.25, 0.3) is 0 Å². The first kappa shape index (κ1) is 15.5. The van der Waals surface area contributed by atoms with Gasteiger partial charge in [-0.05, 0) is 12.8 Å². The van der Waals surface area contributed by atoms with Gasteiger partial charge in [-0.3, -0.25) is 0 Å². The van der Waals surface area contributed by atoms with Crippen molar-refractivity contribution in [3.63, 3.8) is 0 Å². The Bertz CT molecular complexity index is 410. The third-order valence-electron chi connectivity index (χ3n) is 3.89. The zero-order valence-corrected chi connectivity index (χ0v) is 9.86. The minimum absolute atomic E-state index is 0.0266. The second-order valence-corrected chi connectivity index (χ2v) is 5.01. The van der Waals surface area contributed by atoms with E-state index in [2.05, 4.69) is 4.74 Å². The van der Waals surface area contributed by atoms with E-state index in [1.165, 1.54) is 0 Å². The number of hydrogen-bond acceptors (Lipinski definition) is 1. The van der Waals surface area contributed by atoms with Gasteiger partial charge in [0.05, 0.1) is 11.5 Å². The highest BCUT2D eigenvalue weighted by Gasteiger charge is 2.75. The van der Waals surface area contributed by atoms with Crippen LogP contribution >= 0.6 is 0 Å². The summed E-state index contributed by atoms with van der Waals surface area (Å²) in [7, 11) is 0. The molecule has 0 radical (unpaired) electrons. The van der Waals surface area contributed by atoms with Gasteiger partial charge < -0.3 is 4.74 Å². The molecule has 0 saturated heterocycles. The summed E-state index contributed by atoms with van der Waals surface area (Å²) in [5.74, 6) is -6.25. The van der Waals surface area contributed by atoms with Crippen LogP contribution in [0.1, 0.15) is 12.8 Å². The number of halogens is 8. The van der Waals surface area contributed by atoms with Crippen LogP contribution in [0.15, 0.2) is 12.2 Å². The monoisotopic (exact) mass is 310 g/mol. The Balaban J connectivity index is 2.13. The standard InChI is InChI=1S/C11H10F8O/c12-9(13,14)5-20-7-2-4-8(3-1-6(7)8)10(15,16)11(17,18)19/h2,4,6-7H,1,3,5H2/t6?,7-,8+/m1/s1. The minimum Gasteiger partial charge on any atom is -0.364 e. The molecule has 0 aliphatic heterocycles. The average molecular weight is 310 g/mol. The van der Waals surface area contributed by atoms with Crippen LogP contribution < -0.4 is 0 Å². The fourth-order valence-corrected chi connectivity index (χ4v) is 2.81. The SMILES string of the molecule is FC(F)(F)CO[C@@H]1C=C[C@@]2(C(F)(F)C(F)(F)F)CCC12. The van der Waals surface area contributed by atoms with Gasteiger partial charge in [0, 0.05) is 5.92 Å². The van der Waals surface area contributed by atoms with Crippen molar-refractivity contribution in [2.75, 3.05) is 6.61 Å². The molecule has 116 valence electrons. The van der Waals surface area contributed by atoms with E-state index in [-0.39, 0.29) is 6.42 Å².